The average Bonchev–Trinajstić information content (AvgIpc) is 3.75. The summed E-state index contributed by atoms with van der Waals surface area (Å²) in [4.78, 5) is 16.2. The summed E-state index contributed by atoms with van der Waals surface area (Å²) in [5, 5.41) is 17.1. The van der Waals surface area contributed by atoms with Crippen LogP contribution in [-0.4, -0.2) is 117 Å². The van der Waals surface area contributed by atoms with Crippen LogP contribution in [0.1, 0.15) is 25.7 Å². The molecule has 0 unspecified atom stereocenters. The summed E-state index contributed by atoms with van der Waals surface area (Å²) in [5.74, 6) is -2.45. The fourth-order valence-corrected chi connectivity index (χ4v) is 8.11. The van der Waals surface area contributed by atoms with Gasteiger partial charge >= 0.3 is 0 Å². The van der Waals surface area contributed by atoms with E-state index in [0.717, 1.165) is 12.8 Å². The highest BCUT2D eigenvalue weighted by Crippen LogP contribution is 2.31. The Labute approximate surface area is 329 Å². The minimum absolute atomic E-state index is 0.0227. The summed E-state index contributed by atoms with van der Waals surface area (Å²) in [5.41, 5.74) is 6.13. The van der Waals surface area contributed by atoms with Crippen molar-refractivity contribution in [3.05, 3.63) is 77.3 Å². The number of aromatic nitrogens is 8. The van der Waals surface area contributed by atoms with E-state index in [1.54, 1.807) is 0 Å². The molecule has 5 N–H and O–H groups in total. The molecule has 6 heterocycles. The number of hydrogen-bond acceptors (Lipinski definition) is 12. The molecular weight excluding hydrogens is 816 g/mol. The number of nitrogens with two attached hydrogens (primary N) is 1. The highest BCUT2D eigenvalue weighted by Gasteiger charge is 2.26. The van der Waals surface area contributed by atoms with Crippen LogP contribution in [0.3, 0.4) is 0 Å². The summed E-state index contributed by atoms with van der Waals surface area (Å²) in [6.07, 6.45) is 8.09. The number of anilines is 1. The van der Waals surface area contributed by atoms with Crippen LogP contribution in [0.15, 0.2) is 48.8 Å². The van der Waals surface area contributed by atoms with Crippen molar-refractivity contribution >= 4 is 59.7 Å². The lowest BCUT2D eigenvalue weighted by atomic mass is 10.1. The smallest absolute Gasteiger partial charge is 0.224 e. The van der Waals surface area contributed by atoms with Crippen LogP contribution in [0.2, 0.25) is 5.28 Å². The van der Waals surface area contributed by atoms with E-state index in [4.69, 9.17) is 17.3 Å². The second-order valence-corrected chi connectivity index (χ2v) is 17.6. The summed E-state index contributed by atoms with van der Waals surface area (Å²) >= 11 is 5.61. The van der Waals surface area contributed by atoms with Gasteiger partial charge < -0.3 is 11.1 Å². The van der Waals surface area contributed by atoms with Crippen LogP contribution < -0.4 is 11.1 Å². The van der Waals surface area contributed by atoms with Gasteiger partial charge in [0.05, 0.1) is 45.8 Å². The summed E-state index contributed by atoms with van der Waals surface area (Å²) in [7, 11) is -6.15. The maximum absolute atomic E-state index is 14.1. The van der Waals surface area contributed by atoms with Crippen LogP contribution in [0.5, 0.6) is 0 Å². The molecule has 0 bridgehead atoms. The highest BCUT2D eigenvalue weighted by atomic mass is 35.5. The Morgan fingerprint density at radius 3 is 1.58 bits per heavy atom. The maximum atomic E-state index is 14.1. The zero-order valence-electron chi connectivity index (χ0n) is 30.4. The molecule has 2 fully saturated rings. The Balaban J connectivity index is 0.000000161. The molecule has 0 amide bonds. The number of rotatable bonds is 6. The van der Waals surface area contributed by atoms with Gasteiger partial charge in [0.25, 0.3) is 0 Å². The summed E-state index contributed by atoms with van der Waals surface area (Å²) < 4.78 is 103. The predicted octanol–water partition coefficient (Wildman–Crippen LogP) is 4.45. The van der Waals surface area contributed by atoms with Crippen molar-refractivity contribution in [3.8, 4) is 22.5 Å². The van der Waals surface area contributed by atoms with Gasteiger partial charge in [-0.05, 0) is 61.5 Å². The van der Waals surface area contributed by atoms with Crippen molar-refractivity contribution in [1.82, 2.24) is 48.9 Å². The number of nitrogens with zero attached hydrogens (tertiary/aromatic N) is 8. The van der Waals surface area contributed by atoms with Crippen LogP contribution in [-0.2, 0) is 20.0 Å². The Morgan fingerprint density at radius 1 is 0.702 bits per heavy atom. The van der Waals surface area contributed by atoms with Gasteiger partial charge in [0.1, 0.15) is 23.3 Å². The van der Waals surface area contributed by atoms with Crippen molar-refractivity contribution in [2.75, 3.05) is 44.0 Å². The van der Waals surface area contributed by atoms with Gasteiger partial charge in [0, 0.05) is 50.7 Å². The first-order valence-corrected chi connectivity index (χ1v) is 21.5. The molecule has 16 nitrogen and oxygen atoms in total. The van der Waals surface area contributed by atoms with Crippen molar-refractivity contribution in [2.45, 2.75) is 37.8 Å². The van der Waals surface area contributed by atoms with E-state index in [2.05, 4.69) is 45.6 Å². The van der Waals surface area contributed by atoms with Gasteiger partial charge in [-0.1, -0.05) is 12.1 Å². The van der Waals surface area contributed by atoms with E-state index in [1.807, 2.05) is 0 Å². The molecule has 8 rings (SSSR count). The van der Waals surface area contributed by atoms with E-state index in [-0.39, 0.29) is 51.2 Å². The molecule has 57 heavy (non-hydrogen) atoms. The van der Waals surface area contributed by atoms with Crippen molar-refractivity contribution in [3.63, 3.8) is 0 Å². The van der Waals surface area contributed by atoms with Crippen LogP contribution in [0.25, 0.3) is 44.6 Å². The van der Waals surface area contributed by atoms with Crippen molar-refractivity contribution in [2.24, 2.45) is 5.73 Å². The van der Waals surface area contributed by atoms with Crippen LogP contribution >= 0.6 is 11.6 Å². The fraction of sp³-hybridized carbons (Fsp3) is 0.353. The molecule has 304 valence electrons. The average molecular weight is 853 g/mol. The maximum Gasteiger partial charge on any atom is 0.224 e. The third-order valence-electron chi connectivity index (χ3n) is 9.24. The Morgan fingerprint density at radius 2 is 1.12 bits per heavy atom. The second-order valence-electron chi connectivity index (χ2n) is 13.3. The normalized spacial score (nSPS) is 16.2. The minimum atomic E-state index is -3.18. The first-order valence-electron chi connectivity index (χ1n) is 17.4. The number of fused-ring (bicyclic) bond motifs is 2. The predicted molar refractivity (Wildman–Crippen MR) is 206 cm³/mol. The Hall–Kier alpha value is -4.87. The monoisotopic (exact) mass is 852 g/mol. The SMILES string of the molecule is CS(=O)(=O)N1CCC(N)CC1.CS(=O)(=O)N1CCC(Nc2ncc3c(-c4c(F)cccc4F)[nH]nc3n2)CC1.Fc1cccc(F)c1-c1[nH]nc2nc(Cl)ncc12. The lowest BCUT2D eigenvalue weighted by Gasteiger charge is -2.30. The molecule has 4 aromatic heterocycles. The second kappa shape index (κ2) is 17.3. The number of halogens is 5. The van der Waals surface area contributed by atoms with Crippen molar-refractivity contribution in [1.29, 1.82) is 0 Å². The van der Waals surface area contributed by atoms with Gasteiger partial charge in [-0.2, -0.15) is 20.2 Å². The van der Waals surface area contributed by atoms with E-state index >= 15 is 0 Å². The van der Waals surface area contributed by atoms with Gasteiger partial charge in [-0.3, -0.25) is 10.2 Å². The quantitative estimate of drug-likeness (QED) is 0.135. The van der Waals surface area contributed by atoms with Crippen molar-refractivity contribution < 1.29 is 34.4 Å². The summed E-state index contributed by atoms with van der Waals surface area (Å²) in [6, 6.07) is 7.48. The molecular formula is C34H37ClF4N12O4S2. The molecule has 0 spiro atoms. The largest absolute Gasteiger partial charge is 0.351 e. The third kappa shape index (κ3) is 9.99. The standard InChI is InChI=1S/C17H18F2N6O2S.C11H5ClF2N4.C6H14N2O2S/c1-28(26,27)25-7-5-10(6-8-25)21-17-20-9-11-15(23-24-16(11)22-17)14-12(18)3-2-4-13(14)19;12-11-15-4-5-9(17-18-10(5)16-11)8-6(13)2-1-3-7(8)14;1-11(9,10)8-4-2-6(7)3-5-8/h2-4,9-10H,5-8H2,1H3,(H2,20,21,22,23,24);1-4H,(H,15,16,17,18);6H,2-5,7H2,1H3. The molecule has 0 radical (unpaired) electrons. The molecule has 0 aliphatic carbocycles. The molecule has 2 aliphatic rings. The van der Waals surface area contributed by atoms with Gasteiger partial charge in [-0.15, -0.1) is 0 Å². The Bertz CT molecular complexity index is 2560. The van der Waals surface area contributed by atoms with Gasteiger partial charge in [0.15, 0.2) is 11.3 Å². The fourth-order valence-electron chi connectivity index (χ4n) is 6.23. The number of hydrogen-bond donors (Lipinski definition) is 4. The summed E-state index contributed by atoms with van der Waals surface area (Å²) in [6.45, 7) is 2.02. The lowest BCUT2D eigenvalue weighted by Crippen LogP contribution is -2.42. The Kier molecular flexibility index (Phi) is 12.7. The first kappa shape index (κ1) is 41.8. The van der Waals surface area contributed by atoms with Crippen LogP contribution in [0, 0.1) is 23.3 Å². The number of sulfonamides is 2. The molecule has 2 saturated heterocycles. The van der Waals surface area contributed by atoms with E-state index < -0.39 is 43.3 Å². The van der Waals surface area contributed by atoms with E-state index in [9.17, 15) is 34.4 Å². The zero-order chi connectivity index (χ0) is 41.1. The van der Waals surface area contributed by atoms with E-state index in [1.165, 1.54) is 69.9 Å². The van der Waals surface area contributed by atoms with Gasteiger partial charge in [-0.25, -0.2) is 53.0 Å². The molecule has 23 heteroatoms. The first-order chi connectivity index (χ1) is 27.0. The minimum Gasteiger partial charge on any atom is -0.351 e. The third-order valence-corrected chi connectivity index (χ3v) is 12.0. The topological polar surface area (TPSA) is 222 Å². The highest BCUT2D eigenvalue weighted by molar-refractivity contribution is 7.88. The lowest BCUT2D eigenvalue weighted by molar-refractivity contribution is 0.322. The van der Waals surface area contributed by atoms with Crippen LogP contribution in [0.4, 0.5) is 23.5 Å². The molecule has 2 aromatic carbocycles. The molecule has 2 aliphatic heterocycles. The number of nitrogens with one attached hydrogen (secondary N) is 3. The number of H-pyrrole nitrogens is 2. The molecule has 0 saturated carbocycles. The number of aromatic amines is 2. The number of piperidine rings is 2. The van der Waals surface area contributed by atoms with E-state index in [0.29, 0.717) is 55.7 Å². The number of benzene rings is 2. The zero-order valence-corrected chi connectivity index (χ0v) is 32.8. The van der Waals surface area contributed by atoms with Gasteiger partial charge in [0.2, 0.25) is 31.3 Å². The molecule has 0 atom stereocenters. The molecule has 6 aromatic rings.